The number of aromatic nitrogens is 3. The second-order valence-corrected chi connectivity index (χ2v) is 9.02. The van der Waals surface area contributed by atoms with E-state index >= 15 is 0 Å². The maximum absolute atomic E-state index is 14.0. The van der Waals surface area contributed by atoms with Crippen molar-refractivity contribution in [1.82, 2.24) is 19.3 Å². The van der Waals surface area contributed by atoms with Crippen LogP contribution in [0.1, 0.15) is 11.3 Å². The Hall–Kier alpha value is -2.91. The topological polar surface area (TPSA) is 79.3 Å². The molecule has 156 valence electrons. The molecule has 3 heterocycles. The molecule has 0 spiro atoms. The van der Waals surface area contributed by atoms with E-state index < -0.39 is 15.8 Å². The fourth-order valence-corrected chi connectivity index (χ4v) is 4.95. The Bertz CT molecular complexity index is 1160. The summed E-state index contributed by atoms with van der Waals surface area (Å²) in [4.78, 5) is 15.3. The normalized spacial score (nSPS) is 15.4. The number of rotatable bonds is 4. The average Bonchev–Trinajstić information content (AvgIpc) is 2.76. The molecule has 1 aromatic carbocycles. The third-order valence-corrected chi connectivity index (χ3v) is 7.18. The van der Waals surface area contributed by atoms with Crippen molar-refractivity contribution in [2.45, 2.75) is 18.7 Å². The van der Waals surface area contributed by atoms with Crippen molar-refractivity contribution in [2.75, 3.05) is 31.1 Å². The monoisotopic (exact) mass is 427 g/mol. The first-order valence-electron chi connectivity index (χ1n) is 9.64. The van der Waals surface area contributed by atoms with Gasteiger partial charge in [-0.1, -0.05) is 18.2 Å². The Morgan fingerprint density at radius 3 is 2.30 bits per heavy atom. The predicted molar refractivity (Wildman–Crippen MR) is 112 cm³/mol. The first kappa shape index (κ1) is 20.4. The van der Waals surface area contributed by atoms with Gasteiger partial charge >= 0.3 is 0 Å². The summed E-state index contributed by atoms with van der Waals surface area (Å²) in [5.74, 6) is 0.573. The van der Waals surface area contributed by atoms with Crippen molar-refractivity contribution in [3.8, 4) is 11.5 Å². The highest BCUT2D eigenvalue weighted by molar-refractivity contribution is 7.89. The Labute approximate surface area is 175 Å². The SMILES string of the molecule is Cc1nc(-c2ccccn2)nc(N2CCN(S(=O)(=O)c3ccccc3F)CC2)c1C. The van der Waals surface area contributed by atoms with Crippen molar-refractivity contribution in [3.63, 3.8) is 0 Å². The van der Waals surface area contributed by atoms with Gasteiger partial charge in [-0.3, -0.25) is 4.98 Å². The molecule has 1 fully saturated rings. The Kier molecular flexibility index (Phi) is 5.48. The van der Waals surface area contributed by atoms with Gasteiger partial charge in [0.2, 0.25) is 10.0 Å². The summed E-state index contributed by atoms with van der Waals surface area (Å²) in [5.41, 5.74) is 2.48. The molecule has 4 rings (SSSR count). The van der Waals surface area contributed by atoms with Gasteiger partial charge in [0, 0.05) is 43.6 Å². The summed E-state index contributed by atoms with van der Waals surface area (Å²) in [6.45, 7) is 5.27. The number of hydrogen-bond donors (Lipinski definition) is 0. The zero-order valence-electron chi connectivity index (χ0n) is 16.8. The van der Waals surface area contributed by atoms with Crippen molar-refractivity contribution in [2.24, 2.45) is 0 Å². The van der Waals surface area contributed by atoms with Gasteiger partial charge in [0.1, 0.15) is 22.2 Å². The van der Waals surface area contributed by atoms with Gasteiger partial charge in [-0.15, -0.1) is 0 Å². The van der Waals surface area contributed by atoms with Crippen molar-refractivity contribution in [1.29, 1.82) is 0 Å². The lowest BCUT2D eigenvalue weighted by atomic mass is 10.2. The van der Waals surface area contributed by atoms with Crippen LogP contribution >= 0.6 is 0 Å². The van der Waals surface area contributed by atoms with E-state index in [2.05, 4.69) is 9.97 Å². The molecule has 1 aliphatic heterocycles. The first-order valence-corrected chi connectivity index (χ1v) is 11.1. The number of sulfonamides is 1. The third kappa shape index (κ3) is 3.78. The number of anilines is 1. The Balaban J connectivity index is 1.57. The fourth-order valence-electron chi connectivity index (χ4n) is 3.46. The van der Waals surface area contributed by atoms with Gasteiger partial charge in [-0.2, -0.15) is 4.31 Å². The van der Waals surface area contributed by atoms with Crippen molar-refractivity contribution in [3.05, 3.63) is 65.7 Å². The highest BCUT2D eigenvalue weighted by Gasteiger charge is 2.31. The summed E-state index contributed by atoms with van der Waals surface area (Å²) in [6, 6.07) is 11.0. The van der Waals surface area contributed by atoms with Gasteiger partial charge in [0.25, 0.3) is 0 Å². The Morgan fingerprint density at radius 1 is 0.933 bits per heavy atom. The van der Waals surface area contributed by atoms with Crippen LogP contribution in [0.4, 0.5) is 10.2 Å². The van der Waals surface area contributed by atoms with Crippen LogP contribution in [0.25, 0.3) is 11.5 Å². The molecule has 2 aromatic heterocycles. The van der Waals surface area contributed by atoms with Crippen LogP contribution in [-0.4, -0.2) is 53.9 Å². The molecular formula is C21H22FN5O2S. The molecule has 30 heavy (non-hydrogen) atoms. The molecule has 0 aliphatic carbocycles. The quantitative estimate of drug-likeness (QED) is 0.637. The van der Waals surface area contributed by atoms with Crippen LogP contribution in [0, 0.1) is 19.7 Å². The summed E-state index contributed by atoms with van der Waals surface area (Å²) in [5, 5.41) is 0. The van der Waals surface area contributed by atoms with Crippen molar-refractivity contribution < 1.29 is 12.8 Å². The van der Waals surface area contributed by atoms with E-state index in [1.807, 2.05) is 36.9 Å². The van der Waals surface area contributed by atoms with Crippen LogP contribution < -0.4 is 4.90 Å². The molecule has 9 heteroatoms. The number of pyridine rings is 1. The fraction of sp³-hybridized carbons (Fsp3) is 0.286. The number of aryl methyl sites for hydroxylation is 1. The van der Waals surface area contributed by atoms with Crippen molar-refractivity contribution >= 4 is 15.8 Å². The standard InChI is InChI=1S/C21H22FN5O2S/c1-15-16(2)24-20(18-8-5-6-10-23-18)25-21(15)26-11-13-27(14-12-26)30(28,29)19-9-4-3-7-17(19)22/h3-10H,11-14H2,1-2H3. The maximum atomic E-state index is 14.0. The smallest absolute Gasteiger partial charge is 0.246 e. The molecule has 1 aliphatic rings. The molecule has 0 N–H and O–H groups in total. The second-order valence-electron chi connectivity index (χ2n) is 7.12. The first-order chi connectivity index (χ1) is 14.4. The maximum Gasteiger partial charge on any atom is 0.246 e. The predicted octanol–water partition coefficient (Wildman–Crippen LogP) is 2.81. The van der Waals surface area contributed by atoms with Gasteiger partial charge in [-0.25, -0.2) is 22.8 Å². The van der Waals surface area contributed by atoms with Gasteiger partial charge in [0.05, 0.1) is 0 Å². The largest absolute Gasteiger partial charge is 0.354 e. The van der Waals surface area contributed by atoms with Crippen LogP contribution in [0.2, 0.25) is 0 Å². The lowest BCUT2D eigenvalue weighted by molar-refractivity contribution is 0.381. The van der Waals surface area contributed by atoms with E-state index in [9.17, 15) is 12.8 Å². The molecular weight excluding hydrogens is 405 g/mol. The average molecular weight is 428 g/mol. The number of nitrogens with zero attached hydrogens (tertiary/aromatic N) is 5. The third-order valence-electron chi connectivity index (χ3n) is 5.25. The lowest BCUT2D eigenvalue weighted by Gasteiger charge is -2.35. The number of hydrogen-bond acceptors (Lipinski definition) is 6. The van der Waals surface area contributed by atoms with E-state index in [1.165, 1.54) is 22.5 Å². The molecule has 0 bridgehead atoms. The van der Waals surface area contributed by atoms with E-state index in [-0.39, 0.29) is 18.0 Å². The zero-order valence-corrected chi connectivity index (χ0v) is 17.6. The van der Waals surface area contributed by atoms with Crippen LogP contribution in [-0.2, 0) is 10.0 Å². The summed E-state index contributed by atoms with van der Waals surface area (Å²) in [6.07, 6.45) is 1.69. The molecule has 1 saturated heterocycles. The summed E-state index contributed by atoms with van der Waals surface area (Å²) < 4.78 is 41.1. The number of piperazine rings is 1. The molecule has 0 saturated carbocycles. The molecule has 0 radical (unpaired) electrons. The highest BCUT2D eigenvalue weighted by Crippen LogP contribution is 2.26. The summed E-state index contributed by atoms with van der Waals surface area (Å²) >= 11 is 0. The molecule has 0 amide bonds. The van der Waals surface area contributed by atoms with E-state index in [4.69, 9.17) is 4.98 Å². The van der Waals surface area contributed by atoms with Crippen LogP contribution in [0.3, 0.4) is 0 Å². The molecule has 7 nitrogen and oxygen atoms in total. The minimum absolute atomic E-state index is 0.248. The zero-order chi connectivity index (χ0) is 21.3. The van der Waals surface area contributed by atoms with Crippen LogP contribution in [0.15, 0.2) is 53.6 Å². The lowest BCUT2D eigenvalue weighted by Crippen LogP contribution is -2.49. The molecule has 0 atom stereocenters. The van der Waals surface area contributed by atoms with E-state index in [1.54, 1.807) is 6.20 Å². The molecule has 0 unspecified atom stereocenters. The minimum Gasteiger partial charge on any atom is -0.354 e. The molecule has 3 aromatic rings. The van der Waals surface area contributed by atoms with Crippen LogP contribution in [0.5, 0.6) is 0 Å². The number of benzene rings is 1. The highest BCUT2D eigenvalue weighted by atomic mass is 32.2. The second kappa shape index (κ2) is 8.08. The summed E-state index contributed by atoms with van der Waals surface area (Å²) in [7, 11) is -3.88. The Morgan fingerprint density at radius 2 is 1.63 bits per heavy atom. The number of halogens is 1. The van der Waals surface area contributed by atoms with Gasteiger partial charge in [0.15, 0.2) is 5.82 Å². The van der Waals surface area contributed by atoms with Gasteiger partial charge < -0.3 is 4.90 Å². The minimum atomic E-state index is -3.88. The van der Waals surface area contributed by atoms with E-state index in [0.717, 1.165) is 23.1 Å². The van der Waals surface area contributed by atoms with Gasteiger partial charge in [-0.05, 0) is 38.1 Å². The van der Waals surface area contributed by atoms with E-state index in [0.29, 0.717) is 24.6 Å².